The number of hydrogen-bond donors (Lipinski definition) is 2. The summed E-state index contributed by atoms with van der Waals surface area (Å²) in [7, 11) is 0. The maximum atomic E-state index is 4.26. The van der Waals surface area contributed by atoms with Crippen molar-refractivity contribution in [3.8, 4) is 0 Å². The summed E-state index contributed by atoms with van der Waals surface area (Å²) >= 11 is 8.40. The fraction of sp³-hybridized carbons (Fsp3) is 1.00. The third-order valence-corrected chi connectivity index (χ3v) is 1.93. The molecule has 1 aliphatic rings. The van der Waals surface area contributed by atoms with Gasteiger partial charge in [-0.2, -0.15) is 12.6 Å². The number of rotatable bonds is 0. The maximum absolute atomic E-state index is 4.26. The highest BCUT2D eigenvalue weighted by Crippen LogP contribution is 2.14. The summed E-state index contributed by atoms with van der Waals surface area (Å²) in [5, 5.41) is 0.567. The average Bonchev–Trinajstić information content (AvgIpc) is 1.87. The highest BCUT2D eigenvalue weighted by atomic mass is 32.1. The summed E-state index contributed by atoms with van der Waals surface area (Å²) in [5.41, 5.74) is 0. The molecule has 0 aromatic heterocycles. The molecule has 1 saturated heterocycles. The van der Waals surface area contributed by atoms with Gasteiger partial charge in [0.05, 0.1) is 0 Å². The highest BCUT2D eigenvalue weighted by Gasteiger charge is 2.15. The Bertz CT molecular complexity index is 58.7. The van der Waals surface area contributed by atoms with Gasteiger partial charge in [0, 0.05) is 18.3 Å². The van der Waals surface area contributed by atoms with E-state index >= 15 is 0 Å². The summed E-state index contributed by atoms with van der Waals surface area (Å²) in [4.78, 5) is 0. The molecule has 42 valence electrons. The third kappa shape index (κ3) is 1.55. The Kier molecular flexibility index (Phi) is 1.89. The second kappa shape index (κ2) is 2.29. The van der Waals surface area contributed by atoms with Crippen molar-refractivity contribution in [3.05, 3.63) is 0 Å². The summed E-state index contributed by atoms with van der Waals surface area (Å²) in [6.07, 6.45) is 1.19. The van der Waals surface area contributed by atoms with Gasteiger partial charge in [-0.15, -0.1) is 0 Å². The lowest BCUT2D eigenvalue weighted by atomic mass is 10.4. The number of nitrogens with zero attached hydrogens (tertiary/aromatic N) is 1. The van der Waals surface area contributed by atoms with Gasteiger partial charge in [0.25, 0.3) is 0 Å². The van der Waals surface area contributed by atoms with Crippen LogP contribution in [-0.2, 0) is 0 Å². The molecule has 0 aliphatic carbocycles. The van der Waals surface area contributed by atoms with Crippen molar-refractivity contribution in [2.24, 2.45) is 0 Å². The molecule has 0 aromatic carbocycles. The van der Waals surface area contributed by atoms with E-state index in [1.54, 1.807) is 0 Å². The first-order chi connectivity index (χ1) is 3.29. The van der Waals surface area contributed by atoms with Gasteiger partial charge in [-0.25, -0.2) is 0 Å². The van der Waals surface area contributed by atoms with E-state index in [1.807, 2.05) is 4.31 Å². The summed E-state index contributed by atoms with van der Waals surface area (Å²) < 4.78 is 2.00. The van der Waals surface area contributed by atoms with Crippen LogP contribution in [0.4, 0.5) is 0 Å². The molecule has 1 fully saturated rings. The molecule has 0 aromatic rings. The van der Waals surface area contributed by atoms with Crippen LogP contribution in [0.2, 0.25) is 0 Å². The first-order valence-electron chi connectivity index (χ1n) is 2.41. The molecule has 0 bridgehead atoms. The minimum absolute atomic E-state index is 0.567. The van der Waals surface area contributed by atoms with E-state index in [0.717, 1.165) is 13.1 Å². The molecule has 1 rings (SSSR count). The van der Waals surface area contributed by atoms with E-state index in [9.17, 15) is 0 Å². The van der Waals surface area contributed by atoms with Gasteiger partial charge in [0.1, 0.15) is 0 Å². The minimum atomic E-state index is 0.567. The topological polar surface area (TPSA) is 3.24 Å². The Balaban J connectivity index is 2.26. The Hall–Kier alpha value is 0.660. The standard InChI is InChI=1S/C4H9NS2/c6-4-1-2-5(7)3-4/h4,6-7H,1-3H2. The zero-order valence-electron chi connectivity index (χ0n) is 4.04. The van der Waals surface area contributed by atoms with E-state index in [0.29, 0.717) is 5.25 Å². The van der Waals surface area contributed by atoms with Gasteiger partial charge >= 0.3 is 0 Å². The van der Waals surface area contributed by atoms with Crippen LogP contribution in [-0.4, -0.2) is 22.6 Å². The molecule has 0 radical (unpaired) electrons. The lowest BCUT2D eigenvalue weighted by molar-refractivity contribution is 0.596. The molecule has 0 N–H and O–H groups in total. The average molecular weight is 135 g/mol. The zero-order valence-corrected chi connectivity index (χ0v) is 5.83. The molecular weight excluding hydrogens is 126 g/mol. The monoisotopic (exact) mass is 135 g/mol. The summed E-state index contributed by atoms with van der Waals surface area (Å²) in [6, 6.07) is 0. The lowest BCUT2D eigenvalue weighted by Gasteiger charge is -2.01. The Morgan fingerprint density at radius 3 is 2.43 bits per heavy atom. The van der Waals surface area contributed by atoms with Crippen molar-refractivity contribution in [1.29, 1.82) is 0 Å². The van der Waals surface area contributed by atoms with E-state index in [2.05, 4.69) is 25.4 Å². The molecule has 3 heteroatoms. The van der Waals surface area contributed by atoms with Gasteiger partial charge in [-0.1, -0.05) is 12.8 Å². The van der Waals surface area contributed by atoms with E-state index in [1.165, 1.54) is 6.42 Å². The Labute approximate surface area is 55.0 Å². The third-order valence-electron chi connectivity index (χ3n) is 1.14. The van der Waals surface area contributed by atoms with Crippen LogP contribution < -0.4 is 0 Å². The molecule has 1 aliphatic heterocycles. The molecule has 0 spiro atoms. The normalized spacial score (nSPS) is 34.3. The predicted octanol–water partition coefficient (Wildman–Crippen LogP) is 0.835. The Morgan fingerprint density at radius 1 is 1.57 bits per heavy atom. The van der Waals surface area contributed by atoms with E-state index in [4.69, 9.17) is 0 Å². The summed E-state index contributed by atoms with van der Waals surface area (Å²) in [6.45, 7) is 2.13. The molecule has 1 nitrogen and oxygen atoms in total. The van der Waals surface area contributed by atoms with Gasteiger partial charge in [-0.05, 0) is 6.42 Å². The lowest BCUT2D eigenvalue weighted by Crippen LogP contribution is -2.06. The van der Waals surface area contributed by atoms with Crippen molar-refractivity contribution in [2.75, 3.05) is 13.1 Å². The molecule has 1 heterocycles. The molecule has 7 heavy (non-hydrogen) atoms. The van der Waals surface area contributed by atoms with Crippen LogP contribution in [0.25, 0.3) is 0 Å². The van der Waals surface area contributed by atoms with Crippen LogP contribution in [0.15, 0.2) is 0 Å². The van der Waals surface area contributed by atoms with Crippen LogP contribution >= 0.6 is 25.4 Å². The zero-order chi connectivity index (χ0) is 5.28. The van der Waals surface area contributed by atoms with Crippen LogP contribution in [0.5, 0.6) is 0 Å². The van der Waals surface area contributed by atoms with Crippen molar-refractivity contribution in [2.45, 2.75) is 11.7 Å². The quantitative estimate of drug-likeness (QED) is 0.465. The predicted molar refractivity (Wildman–Crippen MR) is 38.0 cm³/mol. The van der Waals surface area contributed by atoms with Crippen LogP contribution in [0.3, 0.4) is 0 Å². The van der Waals surface area contributed by atoms with Gasteiger partial charge in [-0.3, -0.25) is 4.31 Å². The second-order valence-electron chi connectivity index (χ2n) is 1.86. The molecule has 0 amide bonds. The molecule has 0 saturated carbocycles. The smallest absolute Gasteiger partial charge is 0.0204 e. The first-order valence-corrected chi connectivity index (χ1v) is 3.32. The Morgan fingerprint density at radius 2 is 2.29 bits per heavy atom. The largest absolute Gasteiger partial charge is 0.252 e. The van der Waals surface area contributed by atoms with Crippen LogP contribution in [0.1, 0.15) is 6.42 Å². The van der Waals surface area contributed by atoms with Crippen molar-refractivity contribution in [3.63, 3.8) is 0 Å². The highest BCUT2D eigenvalue weighted by molar-refractivity contribution is 7.81. The van der Waals surface area contributed by atoms with Crippen molar-refractivity contribution >= 4 is 25.4 Å². The van der Waals surface area contributed by atoms with Crippen LogP contribution in [0, 0.1) is 0 Å². The van der Waals surface area contributed by atoms with Gasteiger partial charge in [0.15, 0.2) is 0 Å². The van der Waals surface area contributed by atoms with E-state index < -0.39 is 0 Å². The van der Waals surface area contributed by atoms with Gasteiger partial charge < -0.3 is 0 Å². The van der Waals surface area contributed by atoms with Crippen molar-refractivity contribution < 1.29 is 0 Å². The fourth-order valence-corrected chi connectivity index (χ4v) is 1.48. The fourth-order valence-electron chi connectivity index (χ4n) is 0.724. The number of thiol groups is 2. The summed E-state index contributed by atoms with van der Waals surface area (Å²) in [5.74, 6) is 0. The molecular formula is C4H9NS2. The SMILES string of the molecule is SC1CCN(S)C1. The molecule has 1 atom stereocenters. The second-order valence-corrected chi connectivity index (χ2v) is 3.15. The van der Waals surface area contributed by atoms with Crippen molar-refractivity contribution in [1.82, 2.24) is 4.31 Å². The van der Waals surface area contributed by atoms with Gasteiger partial charge in [0.2, 0.25) is 0 Å². The molecule has 1 unspecified atom stereocenters. The number of hydrogen-bond acceptors (Lipinski definition) is 3. The van der Waals surface area contributed by atoms with E-state index in [-0.39, 0.29) is 0 Å². The minimum Gasteiger partial charge on any atom is -0.252 e. The maximum Gasteiger partial charge on any atom is 0.0204 e. The first kappa shape index (κ1) is 5.79.